The first-order valence-electron chi connectivity index (χ1n) is 4.65. The van der Waals surface area contributed by atoms with Crippen LogP contribution in [0.4, 0.5) is 0 Å². The summed E-state index contributed by atoms with van der Waals surface area (Å²) >= 11 is 0. The minimum absolute atomic E-state index is 0.440. The molecule has 0 aromatic heterocycles. The molecule has 0 saturated carbocycles. The number of benzene rings is 1. The standard InChI is InChI=1S/C10H13N3OSi/c1-15(2,3)9-6-4-8(5-7-9)10(14)12-13-11/h4-7H,1-3H3. The van der Waals surface area contributed by atoms with Crippen LogP contribution in [0.3, 0.4) is 0 Å². The monoisotopic (exact) mass is 219 g/mol. The minimum Gasteiger partial charge on any atom is -0.287 e. The number of carbonyl (C=O) groups is 1. The van der Waals surface area contributed by atoms with Crippen LogP contribution in [-0.2, 0) is 0 Å². The van der Waals surface area contributed by atoms with E-state index in [1.807, 2.05) is 12.1 Å². The lowest BCUT2D eigenvalue weighted by molar-refractivity contribution is 0.100. The second-order valence-corrected chi connectivity index (χ2v) is 9.40. The second-order valence-electron chi connectivity index (χ2n) is 4.32. The van der Waals surface area contributed by atoms with E-state index in [0.29, 0.717) is 5.56 Å². The largest absolute Gasteiger partial charge is 0.287 e. The quantitative estimate of drug-likeness (QED) is 0.326. The van der Waals surface area contributed by atoms with Gasteiger partial charge < -0.3 is 0 Å². The van der Waals surface area contributed by atoms with E-state index >= 15 is 0 Å². The first-order valence-corrected chi connectivity index (χ1v) is 8.15. The van der Waals surface area contributed by atoms with Crippen molar-refractivity contribution in [3.8, 4) is 0 Å². The van der Waals surface area contributed by atoms with Gasteiger partial charge in [0.15, 0.2) is 0 Å². The highest BCUT2D eigenvalue weighted by molar-refractivity contribution is 6.88. The van der Waals surface area contributed by atoms with Crippen LogP contribution >= 0.6 is 0 Å². The van der Waals surface area contributed by atoms with E-state index in [0.717, 1.165) is 0 Å². The molecule has 4 nitrogen and oxygen atoms in total. The summed E-state index contributed by atoms with van der Waals surface area (Å²) in [5.74, 6) is -0.528. The second kappa shape index (κ2) is 4.29. The molecular formula is C10H13N3OSi. The molecule has 0 fully saturated rings. The lowest BCUT2D eigenvalue weighted by atomic mass is 10.2. The average molecular weight is 219 g/mol. The Bertz CT molecular complexity index is 413. The molecule has 15 heavy (non-hydrogen) atoms. The Balaban J connectivity index is 3.00. The van der Waals surface area contributed by atoms with Gasteiger partial charge in [0, 0.05) is 10.5 Å². The van der Waals surface area contributed by atoms with Crippen LogP contribution in [0.1, 0.15) is 10.4 Å². The lowest BCUT2D eigenvalue weighted by Crippen LogP contribution is -2.37. The molecule has 0 spiro atoms. The molecule has 0 N–H and O–H groups in total. The van der Waals surface area contributed by atoms with Crippen LogP contribution in [0.5, 0.6) is 0 Å². The van der Waals surface area contributed by atoms with E-state index in [9.17, 15) is 4.79 Å². The summed E-state index contributed by atoms with van der Waals surface area (Å²) in [7, 11) is -1.32. The van der Waals surface area contributed by atoms with Crippen molar-refractivity contribution in [2.24, 2.45) is 5.11 Å². The van der Waals surface area contributed by atoms with Crippen molar-refractivity contribution in [2.75, 3.05) is 0 Å². The van der Waals surface area contributed by atoms with Crippen LogP contribution in [-0.4, -0.2) is 14.0 Å². The summed E-state index contributed by atoms with van der Waals surface area (Å²) in [5.41, 5.74) is 8.57. The van der Waals surface area contributed by atoms with Crippen LogP contribution < -0.4 is 5.19 Å². The van der Waals surface area contributed by atoms with Gasteiger partial charge in [-0.1, -0.05) is 49.1 Å². The Morgan fingerprint density at radius 3 is 2.20 bits per heavy atom. The normalized spacial score (nSPS) is 10.6. The molecule has 0 atom stereocenters. The molecule has 78 valence electrons. The van der Waals surface area contributed by atoms with Gasteiger partial charge in [0.2, 0.25) is 5.91 Å². The molecule has 0 heterocycles. The summed E-state index contributed by atoms with van der Waals surface area (Å²) < 4.78 is 0. The van der Waals surface area contributed by atoms with Gasteiger partial charge in [-0.2, -0.15) is 0 Å². The number of azide groups is 1. The summed E-state index contributed by atoms with van der Waals surface area (Å²) in [6.45, 7) is 6.70. The predicted octanol–water partition coefficient (Wildman–Crippen LogP) is 2.68. The summed E-state index contributed by atoms with van der Waals surface area (Å²) in [6, 6.07) is 7.30. The lowest BCUT2D eigenvalue weighted by Gasteiger charge is -2.16. The maximum atomic E-state index is 11.2. The van der Waals surface area contributed by atoms with Gasteiger partial charge in [-0.05, 0) is 10.6 Å². The zero-order valence-corrected chi connectivity index (χ0v) is 10.1. The van der Waals surface area contributed by atoms with Gasteiger partial charge in [-0.25, -0.2) is 0 Å². The molecule has 0 saturated heterocycles. The number of amides is 1. The van der Waals surface area contributed by atoms with Crippen LogP contribution in [0, 0.1) is 0 Å². The fourth-order valence-electron chi connectivity index (χ4n) is 1.21. The smallest absolute Gasteiger partial charge is 0.249 e. The molecular weight excluding hydrogens is 206 g/mol. The maximum Gasteiger partial charge on any atom is 0.249 e. The van der Waals surface area contributed by atoms with Crippen molar-refractivity contribution in [1.82, 2.24) is 0 Å². The molecule has 1 aromatic carbocycles. The third-order valence-electron chi connectivity index (χ3n) is 2.13. The van der Waals surface area contributed by atoms with Gasteiger partial charge >= 0.3 is 0 Å². The van der Waals surface area contributed by atoms with E-state index in [1.54, 1.807) is 12.1 Å². The molecule has 1 aromatic rings. The molecule has 0 radical (unpaired) electrons. The average Bonchev–Trinajstić information content (AvgIpc) is 2.17. The zero-order chi connectivity index (χ0) is 11.5. The molecule has 1 amide bonds. The Morgan fingerprint density at radius 1 is 1.27 bits per heavy atom. The fourth-order valence-corrected chi connectivity index (χ4v) is 2.38. The maximum absolute atomic E-state index is 11.2. The highest BCUT2D eigenvalue weighted by atomic mass is 28.3. The Hall–Kier alpha value is -1.58. The van der Waals surface area contributed by atoms with Gasteiger partial charge in [0.05, 0.1) is 8.07 Å². The number of nitrogens with zero attached hydrogens (tertiary/aromatic N) is 3. The van der Waals surface area contributed by atoms with Crippen molar-refractivity contribution in [1.29, 1.82) is 0 Å². The van der Waals surface area contributed by atoms with E-state index in [2.05, 4.69) is 29.7 Å². The number of hydrogen-bond acceptors (Lipinski definition) is 1. The van der Waals surface area contributed by atoms with Gasteiger partial charge in [0.1, 0.15) is 0 Å². The zero-order valence-electron chi connectivity index (χ0n) is 9.06. The van der Waals surface area contributed by atoms with E-state index in [-0.39, 0.29) is 0 Å². The number of rotatable bonds is 2. The van der Waals surface area contributed by atoms with Gasteiger partial charge in [-0.3, -0.25) is 4.79 Å². The van der Waals surface area contributed by atoms with E-state index in [1.165, 1.54) is 5.19 Å². The molecule has 5 heteroatoms. The molecule has 0 bridgehead atoms. The highest BCUT2D eigenvalue weighted by Gasteiger charge is 2.16. The van der Waals surface area contributed by atoms with Crippen molar-refractivity contribution in [3.63, 3.8) is 0 Å². The topological polar surface area (TPSA) is 65.8 Å². The summed E-state index contributed by atoms with van der Waals surface area (Å²) in [6.07, 6.45) is 0. The number of carbonyl (C=O) groups excluding carboxylic acids is 1. The summed E-state index contributed by atoms with van der Waals surface area (Å²) in [4.78, 5) is 13.7. The third kappa shape index (κ3) is 2.94. The molecule has 0 aliphatic rings. The van der Waals surface area contributed by atoms with Crippen molar-refractivity contribution < 1.29 is 4.79 Å². The van der Waals surface area contributed by atoms with Crippen LogP contribution in [0.2, 0.25) is 19.6 Å². The third-order valence-corrected chi connectivity index (χ3v) is 4.20. The van der Waals surface area contributed by atoms with Gasteiger partial charge in [-0.15, -0.1) is 0 Å². The first-order chi connectivity index (χ1) is 6.95. The predicted molar refractivity (Wildman–Crippen MR) is 62.9 cm³/mol. The number of hydrogen-bond donors (Lipinski definition) is 0. The van der Waals surface area contributed by atoms with Crippen molar-refractivity contribution in [3.05, 3.63) is 40.3 Å². The summed E-state index contributed by atoms with van der Waals surface area (Å²) in [5, 5.41) is 4.32. The Labute approximate surface area is 89.6 Å². The Kier molecular flexibility index (Phi) is 3.29. The van der Waals surface area contributed by atoms with Gasteiger partial charge in [0.25, 0.3) is 0 Å². The highest BCUT2D eigenvalue weighted by Crippen LogP contribution is 2.05. The van der Waals surface area contributed by atoms with Crippen LogP contribution in [0.15, 0.2) is 29.4 Å². The molecule has 0 aliphatic heterocycles. The first kappa shape index (κ1) is 11.5. The fraction of sp³-hybridized carbons (Fsp3) is 0.300. The van der Waals surface area contributed by atoms with E-state index in [4.69, 9.17) is 5.53 Å². The van der Waals surface area contributed by atoms with Crippen molar-refractivity contribution in [2.45, 2.75) is 19.6 Å². The van der Waals surface area contributed by atoms with Crippen LogP contribution in [0.25, 0.3) is 10.4 Å². The molecule has 1 rings (SSSR count). The minimum atomic E-state index is -1.32. The molecule has 0 aliphatic carbocycles. The molecule has 0 unspecified atom stereocenters. The SMILES string of the molecule is C[Si](C)(C)c1ccc(C(=O)N=[N+]=[N-])cc1. The Morgan fingerprint density at radius 2 is 1.80 bits per heavy atom. The van der Waals surface area contributed by atoms with E-state index < -0.39 is 14.0 Å². The van der Waals surface area contributed by atoms with Crippen molar-refractivity contribution >= 4 is 19.2 Å².